The molecule has 4 N–H and O–H groups in total. The molecule has 1 aliphatic heterocycles. The molecular formula is C21H31ClN4O2. The van der Waals surface area contributed by atoms with E-state index >= 15 is 0 Å². The van der Waals surface area contributed by atoms with Crippen molar-refractivity contribution < 1.29 is 9.59 Å². The molecule has 4 atom stereocenters. The van der Waals surface area contributed by atoms with E-state index in [4.69, 9.17) is 0 Å². The summed E-state index contributed by atoms with van der Waals surface area (Å²) in [6.45, 7) is 2.00. The minimum absolute atomic E-state index is 0. The molecule has 1 heterocycles. The monoisotopic (exact) mass is 406 g/mol. The lowest BCUT2D eigenvalue weighted by atomic mass is 9.85. The number of rotatable bonds is 5. The van der Waals surface area contributed by atoms with Crippen LogP contribution in [0.5, 0.6) is 0 Å². The predicted octanol–water partition coefficient (Wildman–Crippen LogP) is 3.49. The molecule has 154 valence electrons. The summed E-state index contributed by atoms with van der Waals surface area (Å²) >= 11 is 0. The highest BCUT2D eigenvalue weighted by molar-refractivity contribution is 5.89. The number of urea groups is 1. The summed E-state index contributed by atoms with van der Waals surface area (Å²) in [7, 11) is 0. The average Bonchev–Trinajstić information content (AvgIpc) is 3.35. The van der Waals surface area contributed by atoms with Gasteiger partial charge in [-0.05, 0) is 62.6 Å². The second-order valence-corrected chi connectivity index (χ2v) is 8.33. The highest BCUT2D eigenvalue weighted by atomic mass is 35.5. The topological polar surface area (TPSA) is 82.3 Å². The van der Waals surface area contributed by atoms with Crippen LogP contribution < -0.4 is 21.3 Å². The second-order valence-electron chi connectivity index (χ2n) is 8.33. The fraction of sp³-hybridized carbons (Fsp3) is 0.619. The van der Waals surface area contributed by atoms with Gasteiger partial charge in [-0.15, -0.1) is 12.4 Å². The van der Waals surface area contributed by atoms with Crippen molar-refractivity contribution in [2.24, 2.45) is 5.92 Å². The number of carbonyl (C=O) groups is 2. The van der Waals surface area contributed by atoms with Gasteiger partial charge in [0.05, 0.1) is 12.1 Å². The van der Waals surface area contributed by atoms with E-state index in [1.54, 1.807) is 0 Å². The summed E-state index contributed by atoms with van der Waals surface area (Å²) in [5.41, 5.74) is 1.80. The first kappa shape index (κ1) is 20.9. The zero-order valence-electron chi connectivity index (χ0n) is 16.4. The Balaban J connectivity index is 0.00000225. The van der Waals surface area contributed by atoms with Gasteiger partial charge in [-0.3, -0.25) is 4.79 Å². The lowest BCUT2D eigenvalue weighted by molar-refractivity contribution is -0.123. The van der Waals surface area contributed by atoms with Crippen molar-refractivity contribution in [2.45, 2.75) is 76.0 Å². The molecule has 4 unspecified atom stereocenters. The molecule has 1 saturated heterocycles. The zero-order valence-corrected chi connectivity index (χ0v) is 17.2. The molecule has 2 saturated carbocycles. The second kappa shape index (κ2) is 9.14. The SMILES string of the molecule is CC(NC(=O)C1CC2CCCCC2N1)c1ccc(NC(=O)NC2CC2)cc1.Cl. The van der Waals surface area contributed by atoms with Gasteiger partial charge in [-0.1, -0.05) is 25.0 Å². The summed E-state index contributed by atoms with van der Waals surface area (Å²) in [6, 6.07) is 8.27. The van der Waals surface area contributed by atoms with Crippen molar-refractivity contribution in [1.82, 2.24) is 16.0 Å². The molecule has 1 aromatic rings. The van der Waals surface area contributed by atoms with Crippen LogP contribution in [0.15, 0.2) is 24.3 Å². The van der Waals surface area contributed by atoms with Gasteiger partial charge < -0.3 is 21.3 Å². The van der Waals surface area contributed by atoms with Crippen molar-refractivity contribution in [1.29, 1.82) is 0 Å². The molecule has 6 nitrogen and oxygen atoms in total. The number of benzene rings is 1. The summed E-state index contributed by atoms with van der Waals surface area (Å²) in [6.07, 6.45) is 8.13. The lowest BCUT2D eigenvalue weighted by Crippen LogP contribution is -2.43. The Morgan fingerprint density at radius 3 is 2.46 bits per heavy atom. The molecule has 0 aromatic heterocycles. The van der Waals surface area contributed by atoms with E-state index in [2.05, 4.69) is 21.3 Å². The summed E-state index contributed by atoms with van der Waals surface area (Å²) in [4.78, 5) is 24.4. The van der Waals surface area contributed by atoms with Crippen LogP contribution in [0, 0.1) is 5.92 Å². The van der Waals surface area contributed by atoms with Crippen LogP contribution in [-0.2, 0) is 4.79 Å². The van der Waals surface area contributed by atoms with Gasteiger partial charge in [0, 0.05) is 17.8 Å². The number of nitrogens with one attached hydrogen (secondary N) is 4. The minimum Gasteiger partial charge on any atom is -0.348 e. The first-order valence-corrected chi connectivity index (χ1v) is 10.3. The number of anilines is 1. The maximum Gasteiger partial charge on any atom is 0.319 e. The van der Waals surface area contributed by atoms with Crippen molar-refractivity contribution in [3.05, 3.63) is 29.8 Å². The molecule has 1 aromatic carbocycles. The molecule has 28 heavy (non-hydrogen) atoms. The fourth-order valence-corrected chi connectivity index (χ4v) is 4.35. The van der Waals surface area contributed by atoms with Gasteiger partial charge in [0.25, 0.3) is 0 Å². The predicted molar refractivity (Wildman–Crippen MR) is 113 cm³/mol. The molecule has 3 aliphatic rings. The summed E-state index contributed by atoms with van der Waals surface area (Å²) in [5.74, 6) is 0.764. The van der Waals surface area contributed by atoms with E-state index in [-0.39, 0.29) is 36.4 Å². The maximum absolute atomic E-state index is 12.7. The Bertz CT molecular complexity index is 678. The Morgan fingerprint density at radius 2 is 1.79 bits per heavy atom. The Kier molecular flexibility index (Phi) is 6.83. The van der Waals surface area contributed by atoms with Gasteiger partial charge in [-0.2, -0.15) is 0 Å². The van der Waals surface area contributed by atoms with Crippen molar-refractivity contribution >= 4 is 30.0 Å². The minimum atomic E-state index is -0.152. The van der Waals surface area contributed by atoms with Gasteiger partial charge in [0.15, 0.2) is 0 Å². The molecule has 0 spiro atoms. The standard InChI is InChI=1S/C21H30N4O2.ClH/c1-13(22-20(26)19-12-15-4-2-3-5-18(15)25-19)14-6-8-16(9-7-14)23-21(27)24-17-10-11-17;/h6-9,13,15,17-19,25H,2-5,10-12H2,1H3,(H,22,26)(H2,23,24,27);1H. The van der Waals surface area contributed by atoms with Crippen molar-refractivity contribution in [2.75, 3.05) is 5.32 Å². The zero-order chi connectivity index (χ0) is 18.8. The van der Waals surface area contributed by atoms with Gasteiger partial charge in [-0.25, -0.2) is 4.79 Å². The van der Waals surface area contributed by atoms with Crippen LogP contribution in [0.3, 0.4) is 0 Å². The highest BCUT2D eigenvalue weighted by Gasteiger charge is 2.38. The quantitative estimate of drug-likeness (QED) is 0.604. The van der Waals surface area contributed by atoms with Gasteiger partial charge >= 0.3 is 6.03 Å². The van der Waals surface area contributed by atoms with Crippen LogP contribution in [0.4, 0.5) is 10.5 Å². The molecule has 7 heteroatoms. The van der Waals surface area contributed by atoms with Crippen molar-refractivity contribution in [3.8, 4) is 0 Å². The third-order valence-electron chi connectivity index (χ3n) is 6.12. The first-order valence-electron chi connectivity index (χ1n) is 10.3. The van der Waals surface area contributed by atoms with Gasteiger partial charge in [0.1, 0.15) is 0 Å². The van der Waals surface area contributed by atoms with E-state index in [0.29, 0.717) is 18.0 Å². The van der Waals surface area contributed by atoms with Crippen LogP contribution in [0.2, 0.25) is 0 Å². The van der Waals surface area contributed by atoms with E-state index in [0.717, 1.165) is 30.5 Å². The number of amides is 3. The third-order valence-corrected chi connectivity index (χ3v) is 6.12. The van der Waals surface area contributed by atoms with E-state index in [1.807, 2.05) is 31.2 Å². The van der Waals surface area contributed by atoms with E-state index in [1.165, 1.54) is 25.7 Å². The summed E-state index contributed by atoms with van der Waals surface area (Å²) < 4.78 is 0. The molecule has 2 aliphatic carbocycles. The fourth-order valence-electron chi connectivity index (χ4n) is 4.35. The largest absolute Gasteiger partial charge is 0.348 e. The maximum atomic E-state index is 12.7. The van der Waals surface area contributed by atoms with Crippen LogP contribution in [0.25, 0.3) is 0 Å². The first-order chi connectivity index (χ1) is 13.1. The number of hydrogen-bond acceptors (Lipinski definition) is 3. The van der Waals surface area contributed by atoms with Gasteiger partial charge in [0.2, 0.25) is 5.91 Å². The smallest absolute Gasteiger partial charge is 0.319 e. The molecule has 0 bridgehead atoms. The molecule has 0 radical (unpaired) electrons. The summed E-state index contributed by atoms with van der Waals surface area (Å²) in [5, 5.41) is 12.4. The average molecular weight is 407 g/mol. The Morgan fingerprint density at radius 1 is 1.07 bits per heavy atom. The van der Waals surface area contributed by atoms with Crippen LogP contribution in [0.1, 0.15) is 63.5 Å². The molecule has 4 rings (SSSR count). The number of halogens is 1. The highest BCUT2D eigenvalue weighted by Crippen LogP contribution is 2.33. The van der Waals surface area contributed by atoms with Crippen LogP contribution >= 0.6 is 12.4 Å². The van der Waals surface area contributed by atoms with E-state index < -0.39 is 0 Å². The Hall–Kier alpha value is -1.79. The number of carbonyl (C=O) groups excluding carboxylic acids is 2. The van der Waals surface area contributed by atoms with Crippen LogP contribution in [-0.4, -0.2) is 30.1 Å². The number of hydrogen-bond donors (Lipinski definition) is 4. The molecular weight excluding hydrogens is 376 g/mol. The van der Waals surface area contributed by atoms with E-state index in [9.17, 15) is 9.59 Å². The third kappa shape index (κ3) is 5.17. The molecule has 3 fully saturated rings. The molecule has 3 amide bonds. The van der Waals surface area contributed by atoms with Crippen molar-refractivity contribution in [3.63, 3.8) is 0 Å². The normalized spacial score (nSPS) is 27.1. The Labute approximate surface area is 173 Å². The number of fused-ring (bicyclic) bond motifs is 1. The lowest BCUT2D eigenvalue weighted by Gasteiger charge is -2.24.